The number of rotatable bonds is 4. The highest BCUT2D eigenvalue weighted by Gasteiger charge is 2.44. The minimum absolute atomic E-state index is 0.0118. The van der Waals surface area contributed by atoms with Crippen LogP contribution in [-0.2, 0) is 4.74 Å². The fourth-order valence-corrected chi connectivity index (χ4v) is 2.23. The second-order valence-corrected chi connectivity index (χ2v) is 5.20. The number of thiocarbonyl (C=S) groups is 2. The van der Waals surface area contributed by atoms with Gasteiger partial charge in [0, 0.05) is 0 Å². The zero-order valence-electron chi connectivity index (χ0n) is 10.2. The van der Waals surface area contributed by atoms with Crippen molar-refractivity contribution in [2.75, 3.05) is 6.61 Å². The SMILES string of the molecule is NC(=S)c1cc(C(N)=S)n(C2OC(CO)C(O)C2O)n1. The van der Waals surface area contributed by atoms with Gasteiger partial charge in [0.25, 0.3) is 0 Å². The summed E-state index contributed by atoms with van der Waals surface area (Å²) in [6.45, 7) is -0.444. The molecule has 1 aromatic heterocycles. The van der Waals surface area contributed by atoms with Gasteiger partial charge in [0.2, 0.25) is 0 Å². The summed E-state index contributed by atoms with van der Waals surface area (Å²) in [7, 11) is 0. The van der Waals surface area contributed by atoms with Gasteiger partial charge < -0.3 is 31.5 Å². The highest BCUT2D eigenvalue weighted by Crippen LogP contribution is 2.30. The van der Waals surface area contributed by atoms with Crippen LogP contribution < -0.4 is 11.5 Å². The third-order valence-corrected chi connectivity index (χ3v) is 3.42. The van der Waals surface area contributed by atoms with Gasteiger partial charge in [0.1, 0.15) is 34.0 Å². The summed E-state index contributed by atoms with van der Waals surface area (Å²) < 4.78 is 6.56. The summed E-state index contributed by atoms with van der Waals surface area (Å²) in [5.41, 5.74) is 11.6. The first-order chi connectivity index (χ1) is 9.36. The van der Waals surface area contributed by atoms with E-state index in [9.17, 15) is 10.2 Å². The van der Waals surface area contributed by atoms with Gasteiger partial charge in [-0.15, -0.1) is 0 Å². The largest absolute Gasteiger partial charge is 0.394 e. The molecular weight excluding hydrogens is 304 g/mol. The Labute approximate surface area is 124 Å². The molecule has 2 heterocycles. The summed E-state index contributed by atoms with van der Waals surface area (Å²) in [5, 5.41) is 32.9. The minimum atomic E-state index is -1.29. The van der Waals surface area contributed by atoms with Gasteiger partial charge in [0.05, 0.1) is 12.3 Å². The number of nitrogens with two attached hydrogens (primary N) is 2. The molecule has 0 aromatic carbocycles. The second-order valence-electron chi connectivity index (χ2n) is 4.32. The molecule has 1 saturated heterocycles. The molecule has 8 nitrogen and oxygen atoms in total. The first-order valence-corrected chi connectivity index (χ1v) is 6.50. The predicted molar refractivity (Wildman–Crippen MR) is 77.0 cm³/mol. The molecule has 0 radical (unpaired) electrons. The molecular formula is C10H14N4O4S2. The first kappa shape index (κ1) is 15.2. The lowest BCUT2D eigenvalue weighted by Gasteiger charge is -2.17. The van der Waals surface area contributed by atoms with E-state index >= 15 is 0 Å². The maximum Gasteiger partial charge on any atom is 0.179 e. The van der Waals surface area contributed by atoms with Gasteiger partial charge in [0.15, 0.2) is 6.23 Å². The van der Waals surface area contributed by atoms with Gasteiger partial charge >= 0.3 is 0 Å². The van der Waals surface area contributed by atoms with Crippen LogP contribution >= 0.6 is 24.4 Å². The van der Waals surface area contributed by atoms with Crippen molar-refractivity contribution in [1.82, 2.24) is 9.78 Å². The van der Waals surface area contributed by atoms with Crippen molar-refractivity contribution in [2.24, 2.45) is 11.5 Å². The van der Waals surface area contributed by atoms with Gasteiger partial charge in [-0.2, -0.15) is 5.10 Å². The summed E-state index contributed by atoms with van der Waals surface area (Å²) in [6.07, 6.45) is -4.51. The lowest BCUT2D eigenvalue weighted by atomic mass is 10.1. The average molecular weight is 318 g/mol. The average Bonchev–Trinajstić information content (AvgIpc) is 2.93. The third-order valence-electron chi connectivity index (χ3n) is 3.00. The highest BCUT2D eigenvalue weighted by molar-refractivity contribution is 7.81. The van der Waals surface area contributed by atoms with Gasteiger partial charge in [-0.05, 0) is 6.07 Å². The zero-order valence-corrected chi connectivity index (χ0v) is 11.8. The van der Waals surface area contributed by atoms with E-state index in [2.05, 4.69) is 5.10 Å². The molecule has 4 unspecified atom stereocenters. The molecule has 0 spiro atoms. The molecule has 1 aliphatic rings. The molecule has 1 fully saturated rings. The standard InChI is InChI=1S/C10H14N4O4S2/c11-8(19)3-1-4(9(12)20)14(13-3)10-7(17)6(16)5(2-15)18-10/h1,5-7,10,15-17H,2H2,(H2,11,19)(H2,12,20). The van der Waals surface area contributed by atoms with Crippen LogP contribution in [0.4, 0.5) is 0 Å². The van der Waals surface area contributed by atoms with Crippen molar-refractivity contribution in [3.8, 4) is 0 Å². The number of hydrogen-bond donors (Lipinski definition) is 5. The molecule has 4 atom stereocenters. The van der Waals surface area contributed by atoms with Crippen LogP contribution in [0.5, 0.6) is 0 Å². The predicted octanol–water partition coefficient (Wildman–Crippen LogP) is -2.24. The van der Waals surface area contributed by atoms with E-state index in [1.54, 1.807) is 0 Å². The fourth-order valence-electron chi connectivity index (χ4n) is 1.97. The van der Waals surface area contributed by atoms with Crippen molar-refractivity contribution in [1.29, 1.82) is 0 Å². The Balaban J connectivity index is 2.42. The van der Waals surface area contributed by atoms with Gasteiger partial charge in [-0.25, -0.2) is 4.68 Å². The summed E-state index contributed by atoms with van der Waals surface area (Å²) >= 11 is 9.71. The Morgan fingerprint density at radius 3 is 2.40 bits per heavy atom. The third kappa shape index (κ3) is 2.53. The van der Waals surface area contributed by atoms with Crippen LogP contribution in [0.1, 0.15) is 17.6 Å². The Morgan fingerprint density at radius 1 is 1.30 bits per heavy atom. The van der Waals surface area contributed by atoms with Crippen LogP contribution in [0, 0.1) is 0 Å². The van der Waals surface area contributed by atoms with E-state index < -0.39 is 31.1 Å². The van der Waals surface area contributed by atoms with Crippen molar-refractivity contribution in [2.45, 2.75) is 24.5 Å². The lowest BCUT2D eigenvalue weighted by Crippen LogP contribution is -2.34. The topological polar surface area (TPSA) is 140 Å². The van der Waals surface area contributed by atoms with Crippen LogP contribution in [0.2, 0.25) is 0 Å². The van der Waals surface area contributed by atoms with Crippen molar-refractivity contribution < 1.29 is 20.1 Å². The molecule has 0 amide bonds. The molecule has 1 aromatic rings. The van der Waals surface area contributed by atoms with E-state index in [-0.39, 0.29) is 21.4 Å². The number of aromatic nitrogens is 2. The zero-order chi connectivity index (χ0) is 15.0. The quantitative estimate of drug-likeness (QED) is 0.390. The summed E-state index contributed by atoms with van der Waals surface area (Å²) in [5.74, 6) is 0. The Morgan fingerprint density at radius 2 is 1.95 bits per heavy atom. The Bertz CT molecular complexity index is 549. The molecule has 1 aliphatic heterocycles. The van der Waals surface area contributed by atoms with E-state index in [4.69, 9.17) is 45.7 Å². The summed E-state index contributed by atoms with van der Waals surface area (Å²) in [4.78, 5) is 0.0470. The van der Waals surface area contributed by atoms with Crippen LogP contribution in [0.15, 0.2) is 6.07 Å². The smallest absolute Gasteiger partial charge is 0.179 e. The Kier molecular flexibility index (Phi) is 4.32. The van der Waals surface area contributed by atoms with Crippen molar-refractivity contribution in [3.63, 3.8) is 0 Å². The number of aliphatic hydroxyl groups excluding tert-OH is 3. The van der Waals surface area contributed by atoms with E-state index in [1.165, 1.54) is 10.7 Å². The molecule has 10 heteroatoms. The second kappa shape index (κ2) is 5.68. The van der Waals surface area contributed by atoms with E-state index in [0.717, 1.165) is 0 Å². The summed E-state index contributed by atoms with van der Waals surface area (Å²) in [6, 6.07) is 1.47. The first-order valence-electron chi connectivity index (χ1n) is 5.68. The van der Waals surface area contributed by atoms with Crippen LogP contribution in [0.25, 0.3) is 0 Å². The molecule has 0 saturated carbocycles. The van der Waals surface area contributed by atoms with Gasteiger partial charge in [-0.3, -0.25) is 0 Å². The Hall–Kier alpha value is -1.17. The maximum atomic E-state index is 9.97. The van der Waals surface area contributed by atoms with Crippen molar-refractivity contribution in [3.05, 3.63) is 17.5 Å². The maximum absolute atomic E-state index is 9.97. The van der Waals surface area contributed by atoms with E-state index in [0.29, 0.717) is 0 Å². The van der Waals surface area contributed by atoms with E-state index in [1.807, 2.05) is 0 Å². The number of nitrogens with zero attached hydrogens (tertiary/aromatic N) is 2. The van der Waals surface area contributed by atoms with Crippen LogP contribution in [-0.4, -0.2) is 60.0 Å². The number of aliphatic hydroxyl groups is 3. The monoisotopic (exact) mass is 318 g/mol. The van der Waals surface area contributed by atoms with Crippen LogP contribution in [0.3, 0.4) is 0 Å². The molecule has 2 rings (SSSR count). The minimum Gasteiger partial charge on any atom is -0.394 e. The molecule has 7 N–H and O–H groups in total. The van der Waals surface area contributed by atoms with Gasteiger partial charge in [-0.1, -0.05) is 24.4 Å². The molecule has 0 bridgehead atoms. The fraction of sp³-hybridized carbons (Fsp3) is 0.500. The molecule has 110 valence electrons. The highest BCUT2D eigenvalue weighted by atomic mass is 32.1. The number of ether oxygens (including phenoxy) is 1. The lowest BCUT2D eigenvalue weighted by molar-refractivity contribution is -0.0588. The molecule has 0 aliphatic carbocycles. The van der Waals surface area contributed by atoms with Crippen molar-refractivity contribution >= 4 is 34.4 Å². The molecule has 20 heavy (non-hydrogen) atoms. The normalized spacial score (nSPS) is 29.6. The number of hydrogen-bond acceptors (Lipinski definition) is 7.